The lowest BCUT2D eigenvalue weighted by Gasteiger charge is -2.12. The number of halogens is 3. The van der Waals surface area contributed by atoms with Crippen molar-refractivity contribution in [3.05, 3.63) is 68.8 Å². The van der Waals surface area contributed by atoms with E-state index < -0.39 is 5.91 Å². The van der Waals surface area contributed by atoms with E-state index in [1.165, 1.54) is 0 Å². The molecule has 0 spiro atoms. The Morgan fingerprint density at radius 2 is 1.81 bits per heavy atom. The summed E-state index contributed by atoms with van der Waals surface area (Å²) in [5, 5.41) is 4.65. The molecule has 0 aliphatic heterocycles. The van der Waals surface area contributed by atoms with Crippen LogP contribution in [-0.4, -0.2) is 17.5 Å². The van der Waals surface area contributed by atoms with Gasteiger partial charge in [0.15, 0.2) is 0 Å². The molecular weight excluding hydrogens is 395 g/mol. The Hall–Kier alpha value is -1.85. The molecule has 0 saturated heterocycles. The van der Waals surface area contributed by atoms with Gasteiger partial charge in [0.2, 0.25) is 0 Å². The van der Waals surface area contributed by atoms with Crippen molar-refractivity contribution in [2.24, 2.45) is 0 Å². The van der Waals surface area contributed by atoms with E-state index in [2.05, 4.69) is 10.3 Å². The Bertz CT molecular complexity index is 956. The quantitative estimate of drug-likeness (QED) is 0.563. The Morgan fingerprint density at radius 1 is 1.12 bits per heavy atom. The van der Waals surface area contributed by atoms with Crippen molar-refractivity contribution in [2.75, 3.05) is 11.9 Å². The molecule has 1 heterocycles. The second kappa shape index (κ2) is 8.23. The lowest BCUT2D eigenvalue weighted by atomic mass is 10.1. The number of hydrogen-bond donors (Lipinski definition) is 1. The van der Waals surface area contributed by atoms with Gasteiger partial charge < -0.3 is 10.1 Å². The molecule has 3 rings (SSSR count). The summed E-state index contributed by atoms with van der Waals surface area (Å²) in [7, 11) is 0. The van der Waals surface area contributed by atoms with Gasteiger partial charge in [-0.3, -0.25) is 9.78 Å². The Balaban J connectivity index is 1.98. The molecule has 0 unspecified atom stereocenters. The van der Waals surface area contributed by atoms with Crippen molar-refractivity contribution in [3.8, 4) is 0 Å². The molecule has 0 bridgehead atoms. The highest BCUT2D eigenvalue weighted by Crippen LogP contribution is 2.31. The zero-order valence-electron chi connectivity index (χ0n) is 13.9. The number of carbonyl (C=O) groups is 1. The van der Waals surface area contributed by atoms with Gasteiger partial charge in [-0.2, -0.15) is 0 Å². The van der Waals surface area contributed by atoms with Crippen LogP contribution in [0, 0.1) is 0 Å². The summed E-state index contributed by atoms with van der Waals surface area (Å²) < 4.78 is 5.40. The molecule has 3 aromatic rings. The summed E-state index contributed by atoms with van der Waals surface area (Å²) in [5.74, 6) is -0.413. The standard InChI is InChI=1S/C19H15Cl3N2O2/c1-2-26-10-11-9-23-18-12(17(11)22)5-3-8-15(18)24-19(25)16-13(20)6-4-7-14(16)21/h3-9H,2,10H2,1H3,(H,24,25). The molecule has 26 heavy (non-hydrogen) atoms. The molecule has 0 aliphatic carbocycles. The van der Waals surface area contributed by atoms with Gasteiger partial charge in [0.1, 0.15) is 0 Å². The fraction of sp³-hybridized carbons (Fsp3) is 0.158. The minimum Gasteiger partial charge on any atom is -0.377 e. The van der Waals surface area contributed by atoms with E-state index in [0.717, 1.165) is 10.9 Å². The van der Waals surface area contributed by atoms with Gasteiger partial charge in [-0.05, 0) is 25.1 Å². The van der Waals surface area contributed by atoms with E-state index in [-0.39, 0.29) is 15.6 Å². The van der Waals surface area contributed by atoms with Crippen LogP contribution in [-0.2, 0) is 11.3 Å². The lowest BCUT2D eigenvalue weighted by molar-refractivity contribution is 0.102. The van der Waals surface area contributed by atoms with E-state index in [4.69, 9.17) is 39.5 Å². The number of ether oxygens (including phenoxy) is 1. The first-order valence-corrected chi connectivity index (χ1v) is 9.05. The Kier molecular flexibility index (Phi) is 5.99. The molecule has 1 aromatic heterocycles. The van der Waals surface area contributed by atoms with E-state index >= 15 is 0 Å². The molecule has 0 fully saturated rings. The average Bonchev–Trinajstić information content (AvgIpc) is 2.61. The molecular formula is C19H15Cl3N2O2. The van der Waals surface area contributed by atoms with Crippen LogP contribution >= 0.6 is 34.8 Å². The summed E-state index contributed by atoms with van der Waals surface area (Å²) in [6, 6.07) is 10.3. The number of hydrogen-bond acceptors (Lipinski definition) is 3. The first kappa shape index (κ1) is 18.9. The smallest absolute Gasteiger partial charge is 0.258 e. The number of benzene rings is 2. The summed E-state index contributed by atoms with van der Waals surface area (Å²) in [6.45, 7) is 2.88. The molecule has 1 N–H and O–H groups in total. The highest BCUT2D eigenvalue weighted by atomic mass is 35.5. The van der Waals surface area contributed by atoms with Crippen LogP contribution in [0.3, 0.4) is 0 Å². The van der Waals surface area contributed by atoms with Gasteiger partial charge in [-0.1, -0.05) is 53.0 Å². The van der Waals surface area contributed by atoms with Gasteiger partial charge in [0.25, 0.3) is 5.91 Å². The third-order valence-corrected chi connectivity index (χ3v) is 4.88. The van der Waals surface area contributed by atoms with Gasteiger partial charge in [-0.15, -0.1) is 0 Å². The largest absolute Gasteiger partial charge is 0.377 e. The van der Waals surface area contributed by atoms with Crippen LogP contribution in [0.25, 0.3) is 10.9 Å². The SMILES string of the molecule is CCOCc1cnc2c(NC(=O)c3c(Cl)cccc3Cl)cccc2c1Cl. The number of aromatic nitrogens is 1. The second-order valence-corrected chi connectivity index (χ2v) is 6.68. The van der Waals surface area contributed by atoms with Gasteiger partial charge in [0, 0.05) is 23.8 Å². The lowest BCUT2D eigenvalue weighted by Crippen LogP contribution is -2.13. The summed E-state index contributed by atoms with van der Waals surface area (Å²) in [4.78, 5) is 17.1. The first-order valence-electron chi connectivity index (χ1n) is 7.92. The number of carbonyl (C=O) groups excluding carboxylic acids is 1. The van der Waals surface area contributed by atoms with Crippen molar-refractivity contribution >= 4 is 57.3 Å². The van der Waals surface area contributed by atoms with Crippen molar-refractivity contribution in [1.29, 1.82) is 0 Å². The summed E-state index contributed by atoms with van der Waals surface area (Å²) in [6.07, 6.45) is 1.65. The molecule has 0 radical (unpaired) electrons. The number of nitrogens with zero attached hydrogens (tertiary/aromatic N) is 1. The van der Waals surface area contributed by atoms with Crippen molar-refractivity contribution in [3.63, 3.8) is 0 Å². The maximum Gasteiger partial charge on any atom is 0.258 e. The van der Waals surface area contributed by atoms with Crippen molar-refractivity contribution in [2.45, 2.75) is 13.5 Å². The molecule has 0 saturated carbocycles. The normalized spacial score (nSPS) is 10.9. The van der Waals surface area contributed by atoms with Crippen LogP contribution in [0.1, 0.15) is 22.8 Å². The van der Waals surface area contributed by atoms with E-state index in [0.29, 0.717) is 29.4 Å². The minimum absolute atomic E-state index is 0.215. The molecule has 0 atom stereocenters. The van der Waals surface area contributed by atoms with Crippen LogP contribution in [0.2, 0.25) is 15.1 Å². The van der Waals surface area contributed by atoms with Crippen LogP contribution in [0.15, 0.2) is 42.6 Å². The molecule has 7 heteroatoms. The van der Waals surface area contributed by atoms with E-state index in [9.17, 15) is 4.79 Å². The summed E-state index contributed by atoms with van der Waals surface area (Å²) in [5.41, 5.74) is 2.10. The third-order valence-electron chi connectivity index (χ3n) is 3.80. The maximum absolute atomic E-state index is 12.6. The van der Waals surface area contributed by atoms with Gasteiger partial charge in [-0.25, -0.2) is 0 Å². The topological polar surface area (TPSA) is 51.2 Å². The number of rotatable bonds is 5. The number of pyridine rings is 1. The molecule has 134 valence electrons. The van der Waals surface area contributed by atoms with Crippen LogP contribution in [0.4, 0.5) is 5.69 Å². The first-order chi connectivity index (χ1) is 12.5. The van der Waals surface area contributed by atoms with Crippen LogP contribution in [0.5, 0.6) is 0 Å². The fourth-order valence-electron chi connectivity index (χ4n) is 2.54. The maximum atomic E-state index is 12.6. The van der Waals surface area contributed by atoms with E-state index in [1.807, 2.05) is 13.0 Å². The predicted molar refractivity (Wildman–Crippen MR) is 106 cm³/mol. The highest BCUT2D eigenvalue weighted by Gasteiger charge is 2.17. The number of anilines is 1. The minimum atomic E-state index is -0.413. The zero-order chi connectivity index (χ0) is 18.7. The van der Waals surface area contributed by atoms with Crippen LogP contribution < -0.4 is 5.32 Å². The molecule has 1 amide bonds. The average molecular weight is 410 g/mol. The Morgan fingerprint density at radius 3 is 2.50 bits per heavy atom. The zero-order valence-corrected chi connectivity index (χ0v) is 16.1. The molecule has 2 aromatic carbocycles. The molecule has 4 nitrogen and oxygen atoms in total. The number of amides is 1. The number of nitrogens with one attached hydrogen (secondary N) is 1. The van der Waals surface area contributed by atoms with Gasteiger partial charge in [0.05, 0.1) is 38.4 Å². The van der Waals surface area contributed by atoms with Gasteiger partial charge >= 0.3 is 0 Å². The Labute approximate surface area is 166 Å². The van der Waals surface area contributed by atoms with Crippen molar-refractivity contribution < 1.29 is 9.53 Å². The molecule has 0 aliphatic rings. The summed E-state index contributed by atoms with van der Waals surface area (Å²) >= 11 is 18.7. The number of fused-ring (bicyclic) bond motifs is 1. The monoisotopic (exact) mass is 408 g/mol. The van der Waals surface area contributed by atoms with Crippen molar-refractivity contribution in [1.82, 2.24) is 4.98 Å². The fourth-order valence-corrected chi connectivity index (χ4v) is 3.37. The van der Waals surface area contributed by atoms with E-state index in [1.54, 1.807) is 36.5 Å². The second-order valence-electron chi connectivity index (χ2n) is 5.49. The number of para-hydroxylation sites is 1. The third kappa shape index (κ3) is 3.79. The predicted octanol–water partition coefficient (Wildman–Crippen LogP) is 5.98. The highest BCUT2D eigenvalue weighted by molar-refractivity contribution is 6.40.